The molecular formula is C31H28N4O5S. The van der Waals surface area contributed by atoms with Crippen LogP contribution < -0.4 is 9.91 Å². The summed E-state index contributed by atoms with van der Waals surface area (Å²) in [7, 11) is 1.56. The van der Waals surface area contributed by atoms with Gasteiger partial charge in [-0.1, -0.05) is 25.1 Å². The third-order valence-electron chi connectivity index (χ3n) is 7.70. The van der Waals surface area contributed by atoms with Crippen molar-refractivity contribution in [2.45, 2.75) is 40.2 Å². The zero-order valence-electron chi connectivity index (χ0n) is 23.3. The Bertz CT molecular complexity index is 1720. The SMILES string of the molecule is CCc1cccc(C)c1N1C(=O)c2ccc3c4c(ccc(c24)C1=O)C(=O)N(N(CC(C)OC)c1nc(C)cs1)C3=O. The molecule has 1 aromatic heterocycles. The molecule has 0 bridgehead atoms. The topological polar surface area (TPSA) is 100 Å². The molecule has 4 aromatic rings. The predicted octanol–water partition coefficient (Wildman–Crippen LogP) is 5.33. The number of hydrogen-bond acceptors (Lipinski definition) is 8. The summed E-state index contributed by atoms with van der Waals surface area (Å²) in [5.74, 6) is -2.08. The smallest absolute Gasteiger partial charge is 0.280 e. The van der Waals surface area contributed by atoms with Gasteiger partial charge < -0.3 is 4.74 Å². The fourth-order valence-corrected chi connectivity index (χ4v) is 6.44. The molecule has 0 aliphatic carbocycles. The Kier molecular flexibility index (Phi) is 6.47. The number of benzene rings is 3. The van der Waals surface area contributed by atoms with Gasteiger partial charge in [0.15, 0.2) is 0 Å². The third kappa shape index (κ3) is 3.97. The Morgan fingerprint density at radius 3 is 1.93 bits per heavy atom. The average molecular weight is 569 g/mol. The van der Waals surface area contributed by atoms with Crippen LogP contribution in [0.15, 0.2) is 47.8 Å². The molecule has 3 aromatic carbocycles. The van der Waals surface area contributed by atoms with Gasteiger partial charge in [-0.2, -0.15) is 5.01 Å². The minimum absolute atomic E-state index is 0.206. The number of hydrogen-bond donors (Lipinski definition) is 0. The fourth-order valence-electron chi connectivity index (χ4n) is 5.63. The quantitative estimate of drug-likeness (QED) is 0.278. The summed E-state index contributed by atoms with van der Waals surface area (Å²) in [5.41, 5.74) is 4.06. The number of thiazole rings is 1. The summed E-state index contributed by atoms with van der Waals surface area (Å²) >= 11 is 1.32. The molecule has 4 amide bonds. The molecule has 3 heterocycles. The Hall–Kier alpha value is -4.41. The van der Waals surface area contributed by atoms with Gasteiger partial charge >= 0.3 is 0 Å². The highest BCUT2D eigenvalue weighted by molar-refractivity contribution is 7.13. The summed E-state index contributed by atoms with van der Waals surface area (Å²) in [4.78, 5) is 61.7. The zero-order chi connectivity index (χ0) is 29.2. The minimum Gasteiger partial charge on any atom is -0.380 e. The van der Waals surface area contributed by atoms with Crippen LogP contribution in [0.25, 0.3) is 10.8 Å². The van der Waals surface area contributed by atoms with Crippen LogP contribution in [0.3, 0.4) is 0 Å². The molecule has 0 radical (unpaired) electrons. The van der Waals surface area contributed by atoms with E-state index in [4.69, 9.17) is 4.74 Å². The van der Waals surface area contributed by atoms with Crippen molar-refractivity contribution < 1.29 is 23.9 Å². The third-order valence-corrected chi connectivity index (χ3v) is 8.67. The number of para-hydroxylation sites is 1. The molecule has 41 heavy (non-hydrogen) atoms. The maximum Gasteiger partial charge on any atom is 0.280 e. The number of rotatable bonds is 7. The zero-order valence-corrected chi connectivity index (χ0v) is 24.2. The van der Waals surface area contributed by atoms with Gasteiger partial charge in [-0.15, -0.1) is 11.3 Å². The van der Waals surface area contributed by atoms with Crippen molar-refractivity contribution in [3.8, 4) is 0 Å². The van der Waals surface area contributed by atoms with E-state index < -0.39 is 23.6 Å². The lowest BCUT2D eigenvalue weighted by Gasteiger charge is -2.38. The van der Waals surface area contributed by atoms with Crippen molar-refractivity contribution in [3.05, 3.63) is 86.9 Å². The summed E-state index contributed by atoms with van der Waals surface area (Å²) in [6, 6.07) is 12.0. The Morgan fingerprint density at radius 1 is 0.878 bits per heavy atom. The minimum atomic E-state index is -0.558. The Labute approximate surface area is 240 Å². The molecule has 0 saturated heterocycles. The van der Waals surface area contributed by atoms with E-state index in [1.807, 2.05) is 51.3 Å². The van der Waals surface area contributed by atoms with Crippen molar-refractivity contribution in [2.75, 3.05) is 23.6 Å². The van der Waals surface area contributed by atoms with Crippen LogP contribution >= 0.6 is 11.3 Å². The Morgan fingerprint density at radius 2 is 1.44 bits per heavy atom. The molecular weight excluding hydrogens is 540 g/mol. The summed E-state index contributed by atoms with van der Waals surface area (Å²) in [5, 5.41) is 5.62. The van der Waals surface area contributed by atoms with Gasteiger partial charge in [-0.05, 0) is 62.6 Å². The van der Waals surface area contributed by atoms with Crippen molar-refractivity contribution in [3.63, 3.8) is 0 Å². The van der Waals surface area contributed by atoms with Gasteiger partial charge in [0, 0.05) is 34.4 Å². The van der Waals surface area contributed by atoms with Crippen molar-refractivity contribution in [1.29, 1.82) is 0 Å². The summed E-state index contributed by atoms with van der Waals surface area (Å²) in [6.45, 7) is 7.73. The molecule has 2 aliphatic rings. The molecule has 10 heteroatoms. The van der Waals surface area contributed by atoms with Gasteiger partial charge in [-0.3, -0.25) is 19.2 Å². The maximum absolute atomic E-state index is 14.0. The van der Waals surface area contributed by atoms with Crippen molar-refractivity contribution >= 4 is 56.6 Å². The first-order chi connectivity index (χ1) is 19.7. The lowest BCUT2D eigenvalue weighted by Crippen LogP contribution is -2.54. The highest BCUT2D eigenvalue weighted by Gasteiger charge is 2.43. The number of hydrazine groups is 1. The standard InChI is InChI=1S/C31H28N4O5S/c1-6-19-9-7-8-16(2)26(19)34-27(36)20-10-12-22-25-23(13-11-21(24(20)25)28(34)37)30(39)35(29(22)38)33(14-18(4)40-5)31-32-17(3)15-41-31/h7-13,15,18H,6,14H2,1-5H3. The number of amides is 4. The van der Waals surface area contributed by atoms with Crippen molar-refractivity contribution in [1.82, 2.24) is 9.99 Å². The second kappa shape index (κ2) is 9.90. The van der Waals surface area contributed by atoms with E-state index in [9.17, 15) is 19.2 Å². The van der Waals surface area contributed by atoms with E-state index in [2.05, 4.69) is 4.98 Å². The normalized spacial score (nSPS) is 15.2. The van der Waals surface area contributed by atoms with Gasteiger partial charge in [-0.25, -0.2) is 14.9 Å². The first kappa shape index (κ1) is 26.8. The van der Waals surface area contributed by atoms with E-state index in [-0.39, 0.29) is 34.9 Å². The van der Waals surface area contributed by atoms with Crippen LogP contribution in [0.2, 0.25) is 0 Å². The summed E-state index contributed by atoms with van der Waals surface area (Å²) in [6.07, 6.45) is 0.330. The highest BCUT2D eigenvalue weighted by Crippen LogP contribution is 2.41. The van der Waals surface area contributed by atoms with E-state index in [1.165, 1.54) is 16.2 Å². The highest BCUT2D eigenvalue weighted by atomic mass is 32.1. The number of aryl methyl sites for hydroxylation is 3. The molecule has 0 spiro atoms. The van der Waals surface area contributed by atoms with Crippen LogP contribution in [0.5, 0.6) is 0 Å². The van der Waals surface area contributed by atoms with E-state index in [0.717, 1.165) is 21.8 Å². The Balaban J connectivity index is 1.51. The lowest BCUT2D eigenvalue weighted by molar-refractivity contribution is 0.0544. The second-order valence-electron chi connectivity index (χ2n) is 10.3. The van der Waals surface area contributed by atoms with Crippen LogP contribution in [0, 0.1) is 13.8 Å². The fraction of sp³-hybridized carbons (Fsp3) is 0.258. The van der Waals surface area contributed by atoms with Gasteiger partial charge in [0.1, 0.15) is 0 Å². The maximum atomic E-state index is 14.0. The van der Waals surface area contributed by atoms with E-state index >= 15 is 0 Å². The number of carbonyl (C=O) groups excluding carboxylic acids is 4. The first-order valence-corrected chi connectivity index (χ1v) is 14.2. The number of imide groups is 2. The largest absolute Gasteiger partial charge is 0.380 e. The molecule has 1 atom stereocenters. The lowest BCUT2D eigenvalue weighted by atomic mass is 9.85. The van der Waals surface area contributed by atoms with Gasteiger partial charge in [0.25, 0.3) is 23.6 Å². The number of methoxy groups -OCH3 is 1. The number of nitrogens with zero attached hydrogens (tertiary/aromatic N) is 4. The number of carbonyl (C=O) groups is 4. The molecule has 0 fully saturated rings. The predicted molar refractivity (Wildman–Crippen MR) is 157 cm³/mol. The van der Waals surface area contributed by atoms with E-state index in [1.54, 1.807) is 36.4 Å². The number of ether oxygens (including phenoxy) is 1. The summed E-state index contributed by atoms with van der Waals surface area (Å²) < 4.78 is 5.45. The van der Waals surface area contributed by atoms with Gasteiger partial charge in [0.05, 0.1) is 35.2 Å². The van der Waals surface area contributed by atoms with Crippen LogP contribution in [-0.4, -0.2) is 53.4 Å². The second-order valence-corrected chi connectivity index (χ2v) is 11.1. The molecule has 0 saturated carbocycles. The molecule has 208 valence electrons. The monoisotopic (exact) mass is 568 g/mol. The van der Waals surface area contributed by atoms with Crippen LogP contribution in [-0.2, 0) is 11.2 Å². The molecule has 2 aliphatic heterocycles. The number of aromatic nitrogens is 1. The molecule has 6 rings (SSSR count). The number of anilines is 2. The molecule has 0 N–H and O–H groups in total. The van der Waals surface area contributed by atoms with Crippen LogP contribution in [0.4, 0.5) is 10.8 Å². The van der Waals surface area contributed by atoms with E-state index in [0.29, 0.717) is 28.0 Å². The molecule has 9 nitrogen and oxygen atoms in total. The first-order valence-electron chi connectivity index (χ1n) is 13.4. The average Bonchev–Trinajstić information content (AvgIpc) is 3.40. The molecule has 1 unspecified atom stereocenters. The van der Waals surface area contributed by atoms with Gasteiger partial charge in [0.2, 0.25) is 5.13 Å². The van der Waals surface area contributed by atoms with Crippen molar-refractivity contribution in [2.24, 2.45) is 0 Å². The van der Waals surface area contributed by atoms with Crippen LogP contribution in [0.1, 0.15) is 72.1 Å².